The predicted octanol–water partition coefficient (Wildman–Crippen LogP) is 2.40. The first-order chi connectivity index (χ1) is 9.06. The van der Waals surface area contributed by atoms with Gasteiger partial charge in [0.05, 0.1) is 17.6 Å². The maximum Gasteiger partial charge on any atom is 0.166 e. The molecule has 3 N–H and O–H groups in total. The Kier molecular flexibility index (Phi) is 4.50. The van der Waals surface area contributed by atoms with Gasteiger partial charge in [0.2, 0.25) is 0 Å². The zero-order valence-corrected chi connectivity index (χ0v) is 12.4. The number of aromatic nitrogens is 2. The Labute approximate surface area is 118 Å². The third kappa shape index (κ3) is 3.49. The van der Waals surface area contributed by atoms with Gasteiger partial charge in [0.15, 0.2) is 5.16 Å². The van der Waals surface area contributed by atoms with Gasteiger partial charge in [-0.05, 0) is 32.5 Å². The second-order valence-electron chi connectivity index (χ2n) is 5.16. The first-order valence-electron chi connectivity index (χ1n) is 6.47. The van der Waals surface area contributed by atoms with Crippen LogP contribution in [0.2, 0.25) is 0 Å². The number of aliphatic hydroxyl groups excluding tert-OH is 1. The molecule has 1 aromatic carbocycles. The SMILES string of the molecule is CNC(C)(CO)CC(C)Sc1nc2ccccc2[nH]1. The van der Waals surface area contributed by atoms with Crippen molar-refractivity contribution < 1.29 is 5.11 Å². The number of likely N-dealkylation sites (N-methyl/N-ethyl adjacent to an activating group) is 1. The highest BCUT2D eigenvalue weighted by Gasteiger charge is 2.24. The molecule has 2 atom stereocenters. The molecule has 0 spiro atoms. The second kappa shape index (κ2) is 5.94. The third-order valence-electron chi connectivity index (χ3n) is 3.37. The normalized spacial score (nSPS) is 16.4. The van der Waals surface area contributed by atoms with Crippen LogP contribution in [0.3, 0.4) is 0 Å². The van der Waals surface area contributed by atoms with Gasteiger partial charge in [-0.1, -0.05) is 30.8 Å². The molecule has 2 aromatic rings. The summed E-state index contributed by atoms with van der Waals surface area (Å²) in [5.74, 6) is 0. The molecule has 5 heteroatoms. The van der Waals surface area contributed by atoms with Gasteiger partial charge in [0.1, 0.15) is 0 Å². The standard InChI is InChI=1S/C14H21N3OS/c1-10(8-14(2,9-18)15-3)19-13-16-11-6-4-5-7-12(11)17-13/h4-7,10,15,18H,8-9H2,1-3H3,(H,16,17). The van der Waals surface area contributed by atoms with Crippen molar-refractivity contribution in [2.24, 2.45) is 0 Å². The van der Waals surface area contributed by atoms with Crippen molar-refractivity contribution in [1.29, 1.82) is 0 Å². The van der Waals surface area contributed by atoms with E-state index in [4.69, 9.17) is 0 Å². The van der Waals surface area contributed by atoms with Crippen molar-refractivity contribution in [3.63, 3.8) is 0 Å². The number of rotatable bonds is 6. The van der Waals surface area contributed by atoms with Crippen LogP contribution in [-0.2, 0) is 0 Å². The Morgan fingerprint density at radius 2 is 2.21 bits per heavy atom. The van der Waals surface area contributed by atoms with Crippen LogP contribution < -0.4 is 5.32 Å². The van der Waals surface area contributed by atoms with Gasteiger partial charge in [-0.25, -0.2) is 4.98 Å². The molecular formula is C14H21N3OS. The van der Waals surface area contributed by atoms with Crippen LogP contribution in [0.15, 0.2) is 29.4 Å². The number of hydrogen-bond acceptors (Lipinski definition) is 4. The van der Waals surface area contributed by atoms with Gasteiger partial charge in [-0.2, -0.15) is 0 Å². The van der Waals surface area contributed by atoms with Crippen molar-refractivity contribution in [3.05, 3.63) is 24.3 Å². The summed E-state index contributed by atoms with van der Waals surface area (Å²) in [5, 5.41) is 13.9. The Hall–Kier alpha value is -1.04. The van der Waals surface area contributed by atoms with Gasteiger partial charge < -0.3 is 15.4 Å². The molecule has 4 nitrogen and oxygen atoms in total. The summed E-state index contributed by atoms with van der Waals surface area (Å²) in [6.07, 6.45) is 0.877. The number of nitrogens with one attached hydrogen (secondary N) is 2. The van der Waals surface area contributed by atoms with E-state index in [0.717, 1.165) is 22.6 Å². The summed E-state index contributed by atoms with van der Waals surface area (Å²) in [7, 11) is 1.88. The Morgan fingerprint density at radius 1 is 1.47 bits per heavy atom. The van der Waals surface area contributed by atoms with E-state index >= 15 is 0 Å². The Bertz CT molecular complexity index is 503. The fraction of sp³-hybridized carbons (Fsp3) is 0.500. The average molecular weight is 279 g/mol. The number of imidazole rings is 1. The van der Waals surface area contributed by atoms with Gasteiger partial charge in [0.25, 0.3) is 0 Å². The highest BCUT2D eigenvalue weighted by molar-refractivity contribution is 7.99. The van der Waals surface area contributed by atoms with E-state index in [9.17, 15) is 5.11 Å². The van der Waals surface area contributed by atoms with Gasteiger partial charge >= 0.3 is 0 Å². The molecule has 0 bridgehead atoms. The molecule has 104 valence electrons. The molecule has 0 aliphatic heterocycles. The molecule has 1 heterocycles. The Morgan fingerprint density at radius 3 is 2.84 bits per heavy atom. The summed E-state index contributed by atoms with van der Waals surface area (Å²) >= 11 is 1.71. The van der Waals surface area contributed by atoms with Gasteiger partial charge in [-0.15, -0.1) is 0 Å². The summed E-state index contributed by atoms with van der Waals surface area (Å²) in [5.41, 5.74) is 1.82. The molecular weight excluding hydrogens is 258 g/mol. The van der Waals surface area contributed by atoms with Crippen LogP contribution in [0, 0.1) is 0 Å². The molecule has 0 amide bonds. The molecule has 0 saturated carbocycles. The van der Waals surface area contributed by atoms with Crippen LogP contribution in [-0.4, -0.2) is 39.5 Å². The number of aromatic amines is 1. The molecule has 0 saturated heterocycles. The molecule has 0 aliphatic rings. The summed E-state index contributed by atoms with van der Waals surface area (Å²) in [6, 6.07) is 8.03. The maximum atomic E-state index is 9.42. The van der Waals surface area contributed by atoms with E-state index in [0.29, 0.717) is 5.25 Å². The topological polar surface area (TPSA) is 60.9 Å². The number of benzene rings is 1. The number of thioether (sulfide) groups is 1. The van der Waals surface area contributed by atoms with Crippen molar-refractivity contribution in [2.75, 3.05) is 13.7 Å². The minimum absolute atomic E-state index is 0.133. The zero-order valence-electron chi connectivity index (χ0n) is 11.6. The summed E-state index contributed by atoms with van der Waals surface area (Å²) in [4.78, 5) is 7.88. The number of H-pyrrole nitrogens is 1. The molecule has 0 fully saturated rings. The molecule has 1 aromatic heterocycles. The zero-order chi connectivity index (χ0) is 13.9. The number of fused-ring (bicyclic) bond motifs is 1. The van der Waals surface area contributed by atoms with E-state index in [1.54, 1.807) is 11.8 Å². The lowest BCUT2D eigenvalue weighted by atomic mass is 9.98. The van der Waals surface area contributed by atoms with E-state index < -0.39 is 0 Å². The quantitative estimate of drug-likeness (QED) is 0.711. The van der Waals surface area contributed by atoms with E-state index in [1.165, 1.54) is 0 Å². The van der Waals surface area contributed by atoms with Crippen LogP contribution >= 0.6 is 11.8 Å². The van der Waals surface area contributed by atoms with Gasteiger partial charge in [0, 0.05) is 10.8 Å². The van der Waals surface area contributed by atoms with E-state index in [2.05, 4.69) is 22.2 Å². The van der Waals surface area contributed by atoms with E-state index in [1.807, 2.05) is 38.2 Å². The minimum atomic E-state index is -0.238. The molecule has 0 radical (unpaired) electrons. The first kappa shape index (κ1) is 14.4. The Balaban J connectivity index is 2.04. The summed E-state index contributed by atoms with van der Waals surface area (Å²) in [6.45, 7) is 4.32. The van der Waals surface area contributed by atoms with Crippen LogP contribution in [0.25, 0.3) is 11.0 Å². The highest BCUT2D eigenvalue weighted by atomic mass is 32.2. The number of nitrogens with zero attached hydrogens (tertiary/aromatic N) is 1. The molecule has 2 rings (SSSR count). The second-order valence-corrected chi connectivity index (χ2v) is 6.59. The first-order valence-corrected chi connectivity index (χ1v) is 7.35. The largest absolute Gasteiger partial charge is 0.394 e. The average Bonchev–Trinajstić information content (AvgIpc) is 2.80. The maximum absolute atomic E-state index is 9.42. The van der Waals surface area contributed by atoms with Crippen LogP contribution in [0.1, 0.15) is 20.3 Å². The summed E-state index contributed by atoms with van der Waals surface area (Å²) < 4.78 is 0. The van der Waals surface area contributed by atoms with Crippen molar-refractivity contribution in [2.45, 2.75) is 36.2 Å². The van der Waals surface area contributed by atoms with Crippen LogP contribution in [0.5, 0.6) is 0 Å². The van der Waals surface area contributed by atoms with Crippen LogP contribution in [0.4, 0.5) is 0 Å². The molecule has 2 unspecified atom stereocenters. The third-order valence-corrected chi connectivity index (χ3v) is 4.36. The predicted molar refractivity (Wildman–Crippen MR) is 80.6 cm³/mol. The fourth-order valence-electron chi connectivity index (χ4n) is 2.10. The monoisotopic (exact) mass is 279 g/mol. The van der Waals surface area contributed by atoms with Crippen molar-refractivity contribution >= 4 is 22.8 Å². The lowest BCUT2D eigenvalue weighted by Crippen LogP contribution is -2.45. The fourth-order valence-corrected chi connectivity index (χ4v) is 3.25. The number of para-hydroxylation sites is 2. The van der Waals surface area contributed by atoms with Crippen molar-refractivity contribution in [3.8, 4) is 0 Å². The van der Waals surface area contributed by atoms with Gasteiger partial charge in [-0.3, -0.25) is 0 Å². The smallest absolute Gasteiger partial charge is 0.166 e. The number of aliphatic hydroxyl groups is 1. The van der Waals surface area contributed by atoms with Crippen molar-refractivity contribution in [1.82, 2.24) is 15.3 Å². The molecule has 19 heavy (non-hydrogen) atoms. The highest BCUT2D eigenvalue weighted by Crippen LogP contribution is 2.28. The lowest BCUT2D eigenvalue weighted by molar-refractivity contribution is 0.174. The minimum Gasteiger partial charge on any atom is -0.394 e. The number of hydrogen-bond donors (Lipinski definition) is 3. The van der Waals surface area contributed by atoms with E-state index in [-0.39, 0.29) is 12.1 Å². The molecule has 0 aliphatic carbocycles. The lowest BCUT2D eigenvalue weighted by Gasteiger charge is -2.29.